The molecule has 0 radical (unpaired) electrons. The number of nitriles is 3. The monoisotopic (exact) mass is 942 g/mol. The number of aryl methyl sites for hydroxylation is 4. The van der Waals surface area contributed by atoms with E-state index in [1.807, 2.05) is 51.1 Å². The molecule has 0 atom stereocenters. The summed E-state index contributed by atoms with van der Waals surface area (Å²) in [6.45, 7) is 11.8. The molecule has 6 heterocycles. The Morgan fingerprint density at radius 1 is 0.545 bits per heavy atom. The Balaban J connectivity index is 0.000000147. The van der Waals surface area contributed by atoms with Crippen LogP contribution in [0, 0.1) is 75.5 Å². The maximum atomic E-state index is 9.70. The number of benzene rings is 3. The molecule has 3 aliphatic heterocycles. The SMILES string of the molecule is Cc1cc2c(cc1Oc1cc(C#N)c(Cl)c(C)n1)COB2O.Cc1nc(Oc2ccc3c(c2C)COB3O)c(C#N)cc1Cl.Cc1nc(Oc2ccc3c(c2C)COB3O)cc(C#N)c1Cl. The van der Waals surface area contributed by atoms with Gasteiger partial charge in [-0.15, -0.1) is 0 Å². The number of halogens is 3. The highest BCUT2D eigenvalue weighted by Gasteiger charge is 2.32. The molecular formula is C45H36B3Cl3N6O9. The molecule has 15 nitrogen and oxygen atoms in total. The Morgan fingerprint density at radius 3 is 1.53 bits per heavy atom. The highest BCUT2D eigenvalue weighted by Crippen LogP contribution is 2.34. The summed E-state index contributed by atoms with van der Waals surface area (Å²) in [4.78, 5) is 12.7. The molecule has 66 heavy (non-hydrogen) atoms. The van der Waals surface area contributed by atoms with Crippen LogP contribution in [0.25, 0.3) is 0 Å². The Kier molecular flexibility index (Phi) is 14.6. The molecule has 0 fully saturated rings. The maximum Gasteiger partial charge on any atom is 0.491 e. The summed E-state index contributed by atoms with van der Waals surface area (Å²) in [5.41, 5.74) is 10.1. The van der Waals surface area contributed by atoms with Crippen molar-refractivity contribution in [3.63, 3.8) is 0 Å². The van der Waals surface area contributed by atoms with Gasteiger partial charge in [-0.3, -0.25) is 0 Å². The predicted molar refractivity (Wildman–Crippen MR) is 247 cm³/mol. The fraction of sp³-hybridized carbons (Fsp3) is 0.200. The van der Waals surface area contributed by atoms with Crippen LogP contribution in [0.3, 0.4) is 0 Å². The van der Waals surface area contributed by atoms with E-state index in [1.54, 1.807) is 45.0 Å². The number of nitrogens with zero attached hydrogens (tertiary/aromatic N) is 6. The quantitative estimate of drug-likeness (QED) is 0.148. The number of aromatic nitrogens is 3. The third-order valence-corrected chi connectivity index (χ3v) is 12.2. The van der Waals surface area contributed by atoms with Gasteiger partial charge in [0.15, 0.2) is 0 Å². The van der Waals surface area contributed by atoms with Crippen LogP contribution in [0.1, 0.15) is 67.2 Å². The summed E-state index contributed by atoms with van der Waals surface area (Å²) in [6, 6.07) is 21.3. The summed E-state index contributed by atoms with van der Waals surface area (Å²) < 4.78 is 33.0. The fourth-order valence-electron chi connectivity index (χ4n) is 7.13. The minimum absolute atomic E-state index is 0.215. The maximum absolute atomic E-state index is 9.70. The second-order valence-electron chi connectivity index (χ2n) is 15.2. The van der Waals surface area contributed by atoms with Crippen LogP contribution in [-0.2, 0) is 33.8 Å². The fourth-order valence-corrected chi connectivity index (χ4v) is 7.56. The average molecular weight is 944 g/mol. The molecule has 3 aromatic carbocycles. The van der Waals surface area contributed by atoms with Gasteiger partial charge < -0.3 is 43.2 Å². The lowest BCUT2D eigenvalue weighted by atomic mass is 9.78. The standard InChI is InChI=1S/3C15H12BClN2O3/c1-8-3-12-11(7-21-16(12)20)4-13(8)22-14-5-10(6-18)15(17)9(2)19-14;1-8-11-7-21-16(20)12(11)3-4-14(8)22-15-10(6-18)5-13(17)9(2)19-15;1-8-11-7-21-16(20)12(11)3-4-13(8)22-14-5-10(6-18)15(17)9(2)19-14/h3*3-5,20H,7H2,1-2H3. The van der Waals surface area contributed by atoms with Crippen molar-refractivity contribution in [1.29, 1.82) is 15.8 Å². The number of rotatable bonds is 6. The molecule has 0 amide bonds. The van der Waals surface area contributed by atoms with Gasteiger partial charge in [0.05, 0.1) is 63.1 Å². The van der Waals surface area contributed by atoms with Crippen LogP contribution >= 0.6 is 34.8 Å². The summed E-state index contributed by atoms with van der Waals surface area (Å²) in [6.07, 6.45) is 0. The van der Waals surface area contributed by atoms with Crippen LogP contribution < -0.4 is 30.6 Å². The third-order valence-electron chi connectivity index (χ3n) is 10.9. The van der Waals surface area contributed by atoms with Crippen molar-refractivity contribution in [2.45, 2.75) is 61.4 Å². The molecule has 9 rings (SSSR count). The molecular weight excluding hydrogens is 907 g/mol. The van der Waals surface area contributed by atoms with Gasteiger partial charge in [0, 0.05) is 12.1 Å². The second-order valence-corrected chi connectivity index (χ2v) is 16.3. The number of fused-ring (bicyclic) bond motifs is 3. The first-order valence-electron chi connectivity index (χ1n) is 20.0. The van der Waals surface area contributed by atoms with Crippen molar-refractivity contribution in [3.8, 4) is 53.1 Å². The predicted octanol–water partition coefficient (Wildman–Crippen LogP) is 6.70. The van der Waals surface area contributed by atoms with Crippen LogP contribution in [0.4, 0.5) is 0 Å². The van der Waals surface area contributed by atoms with Crippen molar-refractivity contribution >= 4 is 72.5 Å². The van der Waals surface area contributed by atoms with Gasteiger partial charge in [0.2, 0.25) is 17.6 Å². The van der Waals surface area contributed by atoms with Gasteiger partial charge in [-0.05, 0) is 116 Å². The second kappa shape index (κ2) is 20.1. The first-order chi connectivity index (χ1) is 31.5. The van der Waals surface area contributed by atoms with E-state index in [-0.39, 0.29) is 11.4 Å². The van der Waals surface area contributed by atoms with E-state index in [2.05, 4.69) is 15.0 Å². The summed E-state index contributed by atoms with van der Waals surface area (Å²) in [5.74, 6) is 2.61. The molecule has 3 aromatic heterocycles. The van der Waals surface area contributed by atoms with Crippen LogP contribution in [0.2, 0.25) is 15.1 Å². The number of ether oxygens (including phenoxy) is 3. The van der Waals surface area contributed by atoms with Crippen molar-refractivity contribution in [2.24, 2.45) is 0 Å². The van der Waals surface area contributed by atoms with Gasteiger partial charge in [0.25, 0.3) is 0 Å². The Hall–Kier alpha value is -6.20. The van der Waals surface area contributed by atoms with Crippen molar-refractivity contribution in [1.82, 2.24) is 15.0 Å². The molecule has 3 N–H and O–H groups in total. The molecule has 0 saturated carbocycles. The number of hydrogen-bond donors (Lipinski definition) is 3. The Morgan fingerprint density at radius 2 is 1.02 bits per heavy atom. The van der Waals surface area contributed by atoms with Crippen LogP contribution in [0.5, 0.6) is 34.9 Å². The zero-order valence-corrected chi connectivity index (χ0v) is 38.4. The first kappa shape index (κ1) is 47.8. The average Bonchev–Trinajstić information content (AvgIpc) is 3.99. The molecule has 0 bridgehead atoms. The molecule has 0 spiro atoms. The first-order valence-corrected chi connectivity index (χ1v) is 21.2. The number of pyridine rings is 3. The lowest BCUT2D eigenvalue weighted by Gasteiger charge is -2.12. The summed E-state index contributed by atoms with van der Waals surface area (Å²) >= 11 is 18.0. The topological polar surface area (TPSA) is 226 Å². The van der Waals surface area contributed by atoms with Gasteiger partial charge in [-0.2, -0.15) is 15.8 Å². The van der Waals surface area contributed by atoms with E-state index in [1.165, 1.54) is 18.2 Å². The van der Waals surface area contributed by atoms with E-state index in [4.69, 9.17) is 73.5 Å². The highest BCUT2D eigenvalue weighted by molar-refractivity contribution is 6.62. The largest absolute Gasteiger partial charge is 0.491 e. The van der Waals surface area contributed by atoms with E-state index in [0.717, 1.165) is 49.8 Å². The van der Waals surface area contributed by atoms with E-state index >= 15 is 0 Å². The smallest absolute Gasteiger partial charge is 0.439 e. The van der Waals surface area contributed by atoms with Gasteiger partial charge >= 0.3 is 21.4 Å². The minimum atomic E-state index is -0.895. The Bertz CT molecular complexity index is 2980. The summed E-state index contributed by atoms with van der Waals surface area (Å²) in [7, 11) is -2.67. The van der Waals surface area contributed by atoms with Gasteiger partial charge in [-0.1, -0.05) is 53.0 Å². The minimum Gasteiger partial charge on any atom is -0.439 e. The van der Waals surface area contributed by atoms with E-state index in [0.29, 0.717) is 92.1 Å². The molecule has 0 unspecified atom stereocenters. The molecule has 3 aliphatic rings. The zero-order valence-electron chi connectivity index (χ0n) is 36.2. The van der Waals surface area contributed by atoms with Crippen LogP contribution in [-0.4, -0.2) is 51.4 Å². The van der Waals surface area contributed by atoms with Gasteiger partial charge in [0.1, 0.15) is 41.0 Å². The van der Waals surface area contributed by atoms with E-state index in [9.17, 15) is 20.3 Å². The van der Waals surface area contributed by atoms with Crippen molar-refractivity contribution in [2.75, 3.05) is 0 Å². The molecule has 6 aromatic rings. The lowest BCUT2D eigenvalue weighted by molar-refractivity contribution is 0.274. The molecule has 0 aliphatic carbocycles. The third kappa shape index (κ3) is 9.97. The summed E-state index contributed by atoms with van der Waals surface area (Å²) in [5, 5.41) is 57.5. The van der Waals surface area contributed by atoms with Crippen molar-refractivity contribution < 1.29 is 43.2 Å². The molecule has 0 saturated heterocycles. The zero-order chi connectivity index (χ0) is 47.6. The number of hydrogen-bond acceptors (Lipinski definition) is 15. The van der Waals surface area contributed by atoms with Crippen LogP contribution in [0.15, 0.2) is 54.6 Å². The van der Waals surface area contributed by atoms with Gasteiger partial charge in [-0.25, -0.2) is 15.0 Å². The molecule has 330 valence electrons. The Labute approximate surface area is 396 Å². The van der Waals surface area contributed by atoms with Crippen molar-refractivity contribution in [3.05, 3.63) is 137 Å². The van der Waals surface area contributed by atoms with E-state index < -0.39 is 21.4 Å². The lowest BCUT2D eigenvalue weighted by Crippen LogP contribution is -2.28. The molecule has 21 heteroatoms. The normalized spacial score (nSPS) is 13.0. The highest BCUT2D eigenvalue weighted by atomic mass is 35.5.